The van der Waals surface area contributed by atoms with Crippen LogP contribution in [0.4, 0.5) is 0 Å². The topological polar surface area (TPSA) is 40.1 Å². The van der Waals surface area contributed by atoms with Crippen LogP contribution in [0.2, 0.25) is 0 Å². The number of carboxylic acid groups (broad SMARTS) is 1. The molecule has 0 heterocycles. The molecule has 31 heavy (non-hydrogen) atoms. The van der Waals surface area contributed by atoms with Gasteiger partial charge in [-0.15, -0.1) is 0 Å². The van der Waals surface area contributed by atoms with Gasteiger partial charge in [0.25, 0.3) is 0 Å². The lowest BCUT2D eigenvalue weighted by atomic mass is 10.0. The van der Waals surface area contributed by atoms with Gasteiger partial charge in [0.05, 0.1) is 26.2 Å². The fourth-order valence-corrected chi connectivity index (χ4v) is 4.81. The van der Waals surface area contributed by atoms with Crippen LogP contribution in [0.1, 0.15) is 149 Å². The molecule has 0 aliphatic carbocycles. The van der Waals surface area contributed by atoms with Gasteiger partial charge < -0.3 is 14.4 Å². The van der Waals surface area contributed by atoms with E-state index in [1.165, 1.54) is 140 Å². The van der Waals surface area contributed by atoms with E-state index in [-0.39, 0.29) is 6.42 Å². The Bertz CT molecular complexity index is 361. The third kappa shape index (κ3) is 19.8. The van der Waals surface area contributed by atoms with Crippen LogP contribution in [0, 0.1) is 0 Å². The molecule has 0 aromatic heterocycles. The molecular formula is C28H57NO2. The Hall–Kier alpha value is -0.570. The molecule has 0 rings (SSSR count). The number of carbonyl (C=O) groups is 1. The first-order chi connectivity index (χ1) is 15.1. The molecule has 0 atom stereocenters. The SMILES string of the molecule is CCCC[N+](CCCC)(CCCC)CCCCCCCCCCCCCCCC(=O)[O-]. The van der Waals surface area contributed by atoms with Crippen LogP contribution in [-0.4, -0.2) is 36.6 Å². The van der Waals surface area contributed by atoms with Crippen LogP contribution in [0.3, 0.4) is 0 Å². The Morgan fingerprint density at radius 2 is 0.774 bits per heavy atom. The summed E-state index contributed by atoms with van der Waals surface area (Å²) in [5.41, 5.74) is 0. The summed E-state index contributed by atoms with van der Waals surface area (Å²) in [6, 6.07) is 0. The molecule has 0 aromatic carbocycles. The predicted octanol–water partition coefficient (Wildman–Crippen LogP) is 7.41. The van der Waals surface area contributed by atoms with Gasteiger partial charge in [-0.1, -0.05) is 104 Å². The number of nitrogens with zero attached hydrogens (tertiary/aromatic N) is 1. The van der Waals surface area contributed by atoms with E-state index in [9.17, 15) is 9.90 Å². The molecule has 0 aliphatic heterocycles. The average Bonchev–Trinajstić information content (AvgIpc) is 2.76. The minimum Gasteiger partial charge on any atom is -0.550 e. The summed E-state index contributed by atoms with van der Waals surface area (Å²) in [5, 5.41) is 10.4. The van der Waals surface area contributed by atoms with Crippen molar-refractivity contribution >= 4 is 5.97 Å². The van der Waals surface area contributed by atoms with E-state index < -0.39 is 5.97 Å². The van der Waals surface area contributed by atoms with Crippen molar-refractivity contribution in [1.82, 2.24) is 0 Å². The Balaban J connectivity index is 3.74. The Morgan fingerprint density at radius 1 is 0.484 bits per heavy atom. The zero-order valence-electron chi connectivity index (χ0n) is 21.7. The lowest BCUT2D eigenvalue weighted by molar-refractivity contribution is -0.929. The number of carbonyl (C=O) groups excluding carboxylic acids is 1. The number of quaternary nitrogens is 1. The van der Waals surface area contributed by atoms with Gasteiger partial charge in [-0.3, -0.25) is 0 Å². The first-order valence-electron chi connectivity index (χ1n) is 14.1. The molecule has 0 bridgehead atoms. The highest BCUT2D eigenvalue weighted by atomic mass is 16.4. The van der Waals surface area contributed by atoms with Crippen molar-refractivity contribution in [2.45, 2.75) is 149 Å². The molecule has 0 aliphatic rings. The highest BCUT2D eigenvalue weighted by Crippen LogP contribution is 2.18. The van der Waals surface area contributed by atoms with Crippen molar-refractivity contribution in [3.63, 3.8) is 0 Å². The molecule has 0 spiro atoms. The second kappa shape index (κ2) is 22.6. The van der Waals surface area contributed by atoms with E-state index in [4.69, 9.17) is 0 Å². The summed E-state index contributed by atoms with van der Waals surface area (Å²) in [7, 11) is 0. The van der Waals surface area contributed by atoms with Gasteiger partial charge in [0.2, 0.25) is 0 Å². The first kappa shape index (κ1) is 30.4. The first-order valence-corrected chi connectivity index (χ1v) is 14.1. The molecule has 186 valence electrons. The summed E-state index contributed by atoms with van der Waals surface area (Å²) in [6.45, 7) is 12.7. The molecule has 0 radical (unpaired) electrons. The van der Waals surface area contributed by atoms with Crippen LogP contribution in [0.5, 0.6) is 0 Å². The Morgan fingerprint density at radius 3 is 1.10 bits per heavy atom. The van der Waals surface area contributed by atoms with Gasteiger partial charge in [-0.05, 0) is 44.9 Å². The van der Waals surface area contributed by atoms with Gasteiger partial charge in [-0.25, -0.2) is 0 Å². The van der Waals surface area contributed by atoms with Gasteiger partial charge >= 0.3 is 0 Å². The second-order valence-corrected chi connectivity index (χ2v) is 10.0. The van der Waals surface area contributed by atoms with Gasteiger partial charge in [-0.2, -0.15) is 0 Å². The number of hydrogen-bond acceptors (Lipinski definition) is 2. The maximum Gasteiger partial charge on any atom is 0.0786 e. The van der Waals surface area contributed by atoms with Crippen molar-refractivity contribution in [3.05, 3.63) is 0 Å². The molecule has 0 amide bonds. The Labute approximate surface area is 196 Å². The van der Waals surface area contributed by atoms with Crippen molar-refractivity contribution in [1.29, 1.82) is 0 Å². The van der Waals surface area contributed by atoms with Crippen LogP contribution in [0.25, 0.3) is 0 Å². The molecule has 0 N–H and O–H groups in total. The van der Waals surface area contributed by atoms with E-state index >= 15 is 0 Å². The number of aliphatic carboxylic acids is 1. The van der Waals surface area contributed by atoms with Crippen molar-refractivity contribution in [3.8, 4) is 0 Å². The molecule has 3 nitrogen and oxygen atoms in total. The predicted molar refractivity (Wildman–Crippen MR) is 134 cm³/mol. The maximum atomic E-state index is 10.4. The molecular weight excluding hydrogens is 382 g/mol. The number of hydrogen-bond donors (Lipinski definition) is 0. The normalized spacial score (nSPS) is 11.8. The molecule has 0 unspecified atom stereocenters. The zero-order valence-corrected chi connectivity index (χ0v) is 21.7. The highest BCUT2D eigenvalue weighted by Gasteiger charge is 2.24. The number of unbranched alkanes of at least 4 members (excludes halogenated alkanes) is 15. The smallest absolute Gasteiger partial charge is 0.0786 e. The van der Waals surface area contributed by atoms with E-state index in [0.717, 1.165) is 12.8 Å². The maximum absolute atomic E-state index is 10.4. The minimum atomic E-state index is -0.900. The average molecular weight is 440 g/mol. The standard InChI is InChI=1S/C28H57NO2/c1-4-7-24-29(25-8-5-2,26-9-6-3)27-22-20-18-16-14-12-10-11-13-15-17-19-21-23-28(30)31/h4-27H2,1-3H3. The number of rotatable bonds is 25. The van der Waals surface area contributed by atoms with Crippen molar-refractivity contribution in [2.75, 3.05) is 26.2 Å². The summed E-state index contributed by atoms with van der Waals surface area (Å²) >= 11 is 0. The fraction of sp³-hybridized carbons (Fsp3) is 0.964. The van der Waals surface area contributed by atoms with Crippen molar-refractivity contribution in [2.24, 2.45) is 0 Å². The van der Waals surface area contributed by atoms with Crippen LogP contribution in [-0.2, 0) is 4.79 Å². The summed E-state index contributed by atoms with van der Waals surface area (Å²) in [5.74, 6) is -0.900. The second-order valence-electron chi connectivity index (χ2n) is 10.0. The fourth-order valence-electron chi connectivity index (χ4n) is 4.81. The molecule has 0 saturated heterocycles. The van der Waals surface area contributed by atoms with Crippen LogP contribution in [0.15, 0.2) is 0 Å². The van der Waals surface area contributed by atoms with Crippen LogP contribution >= 0.6 is 0 Å². The zero-order chi connectivity index (χ0) is 23.0. The van der Waals surface area contributed by atoms with Crippen LogP contribution < -0.4 is 5.11 Å². The largest absolute Gasteiger partial charge is 0.550 e. The molecule has 0 saturated carbocycles. The minimum absolute atomic E-state index is 0.232. The lowest BCUT2D eigenvalue weighted by Crippen LogP contribution is -2.50. The lowest BCUT2D eigenvalue weighted by Gasteiger charge is -2.39. The third-order valence-electron chi connectivity index (χ3n) is 6.97. The van der Waals surface area contributed by atoms with Gasteiger partial charge in [0.15, 0.2) is 0 Å². The van der Waals surface area contributed by atoms with E-state index in [2.05, 4.69) is 20.8 Å². The van der Waals surface area contributed by atoms with E-state index in [0.29, 0.717) is 0 Å². The third-order valence-corrected chi connectivity index (χ3v) is 6.97. The summed E-state index contributed by atoms with van der Waals surface area (Å²) < 4.78 is 1.41. The van der Waals surface area contributed by atoms with Gasteiger partial charge in [0.1, 0.15) is 0 Å². The molecule has 0 fully saturated rings. The molecule has 3 heteroatoms. The van der Waals surface area contributed by atoms with Crippen molar-refractivity contribution < 1.29 is 14.4 Å². The van der Waals surface area contributed by atoms with Gasteiger partial charge in [0, 0.05) is 5.97 Å². The Kier molecular flexibility index (Phi) is 22.2. The quantitative estimate of drug-likeness (QED) is 0.110. The number of carboxylic acids is 1. The molecule has 0 aromatic rings. The highest BCUT2D eigenvalue weighted by molar-refractivity contribution is 5.63. The summed E-state index contributed by atoms with van der Waals surface area (Å²) in [4.78, 5) is 10.4. The summed E-state index contributed by atoms with van der Waals surface area (Å²) in [6.07, 6.45) is 25.3. The van der Waals surface area contributed by atoms with E-state index in [1.54, 1.807) is 0 Å². The van der Waals surface area contributed by atoms with E-state index in [1.807, 2.05) is 0 Å². The monoisotopic (exact) mass is 439 g/mol.